The van der Waals surface area contributed by atoms with Crippen molar-refractivity contribution in [2.75, 3.05) is 25.4 Å². The van der Waals surface area contributed by atoms with Gasteiger partial charge in [-0.1, -0.05) is 13.8 Å². The monoisotopic (exact) mass is 249 g/mol. The summed E-state index contributed by atoms with van der Waals surface area (Å²) >= 11 is 0. The molecule has 0 spiro atoms. The molecule has 0 radical (unpaired) electrons. The van der Waals surface area contributed by atoms with E-state index in [9.17, 15) is 4.79 Å². The summed E-state index contributed by atoms with van der Waals surface area (Å²) in [6.45, 7) is 7.62. The summed E-state index contributed by atoms with van der Waals surface area (Å²) in [6.07, 6.45) is 0. The fourth-order valence-corrected chi connectivity index (χ4v) is 2.07. The quantitative estimate of drug-likeness (QED) is 0.816. The maximum atomic E-state index is 11.8. The molecule has 5 nitrogen and oxygen atoms in total. The zero-order chi connectivity index (χ0) is 13.1. The molecule has 1 heterocycles. The Kier molecular flexibility index (Phi) is 3.72. The normalized spacial score (nSPS) is 11.5. The lowest BCUT2D eigenvalue weighted by Gasteiger charge is -2.17. The van der Waals surface area contributed by atoms with E-state index in [1.54, 1.807) is 22.8 Å². The molecule has 0 saturated carbocycles. The van der Waals surface area contributed by atoms with Crippen LogP contribution in [0.15, 0.2) is 27.4 Å². The minimum atomic E-state index is -0.317. The van der Waals surface area contributed by atoms with Crippen molar-refractivity contribution in [1.82, 2.24) is 9.47 Å². The molecule has 1 aromatic heterocycles. The molecule has 98 valence electrons. The van der Waals surface area contributed by atoms with Gasteiger partial charge in [-0.25, -0.2) is 4.79 Å². The number of fused-ring (bicyclic) bond motifs is 1. The number of hydrogen-bond donors (Lipinski definition) is 1. The second-order valence-corrected chi connectivity index (χ2v) is 4.27. The van der Waals surface area contributed by atoms with Crippen LogP contribution in [0.25, 0.3) is 11.1 Å². The predicted molar refractivity (Wildman–Crippen MR) is 72.7 cm³/mol. The van der Waals surface area contributed by atoms with E-state index < -0.39 is 0 Å². The first kappa shape index (κ1) is 12.7. The summed E-state index contributed by atoms with van der Waals surface area (Å²) in [4.78, 5) is 14.0. The second kappa shape index (κ2) is 5.27. The number of rotatable bonds is 5. The molecule has 2 N–H and O–H groups in total. The molecule has 0 fully saturated rings. The van der Waals surface area contributed by atoms with Gasteiger partial charge in [0.25, 0.3) is 0 Å². The highest BCUT2D eigenvalue weighted by Gasteiger charge is 2.10. The Labute approximate surface area is 106 Å². The minimum Gasteiger partial charge on any atom is -0.408 e. The van der Waals surface area contributed by atoms with Crippen molar-refractivity contribution in [2.24, 2.45) is 0 Å². The molecule has 0 aliphatic rings. The maximum Gasteiger partial charge on any atom is 0.419 e. The molecule has 0 aliphatic carbocycles. The van der Waals surface area contributed by atoms with Gasteiger partial charge in [-0.05, 0) is 31.3 Å². The largest absolute Gasteiger partial charge is 0.419 e. The van der Waals surface area contributed by atoms with Gasteiger partial charge in [0.15, 0.2) is 5.58 Å². The molecular weight excluding hydrogens is 230 g/mol. The molecule has 0 saturated heterocycles. The molecular formula is C13H19N3O2. The van der Waals surface area contributed by atoms with Gasteiger partial charge >= 0.3 is 5.76 Å². The van der Waals surface area contributed by atoms with Crippen LogP contribution in [-0.2, 0) is 6.54 Å². The van der Waals surface area contributed by atoms with Crippen LogP contribution in [0.2, 0.25) is 0 Å². The third-order valence-electron chi connectivity index (χ3n) is 3.23. The first-order chi connectivity index (χ1) is 8.65. The highest BCUT2D eigenvalue weighted by molar-refractivity contribution is 5.76. The zero-order valence-corrected chi connectivity index (χ0v) is 10.8. The lowest BCUT2D eigenvalue weighted by molar-refractivity contribution is 0.287. The van der Waals surface area contributed by atoms with E-state index in [1.165, 1.54) is 0 Å². The van der Waals surface area contributed by atoms with Gasteiger partial charge in [0, 0.05) is 18.8 Å². The van der Waals surface area contributed by atoms with Crippen LogP contribution in [0.1, 0.15) is 13.8 Å². The van der Waals surface area contributed by atoms with Crippen molar-refractivity contribution in [3.8, 4) is 0 Å². The zero-order valence-electron chi connectivity index (χ0n) is 10.8. The number of nitrogen functional groups attached to an aromatic ring is 1. The number of aromatic nitrogens is 1. The standard InChI is InChI=1S/C13H19N3O2/c1-3-15(4-2)7-8-16-11-9-10(14)5-6-12(11)18-13(16)17/h5-6,9H,3-4,7-8,14H2,1-2H3. The highest BCUT2D eigenvalue weighted by Crippen LogP contribution is 2.16. The van der Waals surface area contributed by atoms with Crippen LogP contribution in [0.4, 0.5) is 5.69 Å². The van der Waals surface area contributed by atoms with Gasteiger partial charge < -0.3 is 15.1 Å². The number of nitrogens with two attached hydrogens (primary N) is 1. The second-order valence-electron chi connectivity index (χ2n) is 4.27. The number of nitrogens with zero attached hydrogens (tertiary/aromatic N) is 2. The summed E-state index contributed by atoms with van der Waals surface area (Å²) in [5, 5.41) is 0. The van der Waals surface area contributed by atoms with Gasteiger partial charge in [-0.3, -0.25) is 4.57 Å². The summed E-state index contributed by atoms with van der Waals surface area (Å²) in [7, 11) is 0. The first-order valence-electron chi connectivity index (χ1n) is 6.27. The fourth-order valence-electron chi connectivity index (χ4n) is 2.07. The predicted octanol–water partition coefficient (Wildman–Crippen LogP) is 1.52. The van der Waals surface area contributed by atoms with E-state index in [2.05, 4.69) is 18.7 Å². The molecule has 0 amide bonds. The van der Waals surface area contributed by atoms with E-state index in [1.807, 2.05) is 0 Å². The van der Waals surface area contributed by atoms with Crippen LogP contribution >= 0.6 is 0 Å². The molecule has 2 rings (SSSR count). The number of anilines is 1. The smallest absolute Gasteiger partial charge is 0.408 e. The lowest BCUT2D eigenvalue weighted by Crippen LogP contribution is -2.29. The SMILES string of the molecule is CCN(CC)CCn1c(=O)oc2ccc(N)cc21. The van der Waals surface area contributed by atoms with E-state index in [-0.39, 0.29) is 5.76 Å². The molecule has 0 atom stereocenters. The van der Waals surface area contributed by atoms with Gasteiger partial charge in [0.05, 0.1) is 5.52 Å². The Balaban J connectivity index is 2.29. The van der Waals surface area contributed by atoms with Crippen molar-refractivity contribution < 1.29 is 4.42 Å². The van der Waals surface area contributed by atoms with E-state index in [4.69, 9.17) is 10.2 Å². The molecule has 18 heavy (non-hydrogen) atoms. The summed E-state index contributed by atoms with van der Waals surface area (Å²) in [5.74, 6) is -0.317. The molecule has 0 bridgehead atoms. The Morgan fingerprint density at radius 3 is 2.72 bits per heavy atom. The third-order valence-corrected chi connectivity index (χ3v) is 3.23. The van der Waals surface area contributed by atoms with Crippen molar-refractivity contribution in [2.45, 2.75) is 20.4 Å². The third kappa shape index (κ3) is 2.41. The van der Waals surface area contributed by atoms with Gasteiger partial charge in [0.2, 0.25) is 0 Å². The summed E-state index contributed by atoms with van der Waals surface area (Å²) in [5.41, 5.74) is 7.74. The van der Waals surface area contributed by atoms with Gasteiger partial charge in [0.1, 0.15) is 0 Å². The highest BCUT2D eigenvalue weighted by atomic mass is 16.4. The summed E-state index contributed by atoms with van der Waals surface area (Å²) in [6, 6.07) is 5.25. The average molecular weight is 249 g/mol. The first-order valence-corrected chi connectivity index (χ1v) is 6.27. The Morgan fingerprint density at radius 2 is 2.06 bits per heavy atom. The number of hydrogen-bond acceptors (Lipinski definition) is 4. The number of benzene rings is 1. The van der Waals surface area contributed by atoms with Crippen LogP contribution in [0, 0.1) is 0 Å². The Hall–Kier alpha value is -1.75. The Morgan fingerprint density at radius 1 is 1.33 bits per heavy atom. The van der Waals surface area contributed by atoms with Crippen LogP contribution in [-0.4, -0.2) is 29.1 Å². The fraction of sp³-hybridized carbons (Fsp3) is 0.462. The molecule has 1 aromatic carbocycles. The van der Waals surface area contributed by atoms with E-state index >= 15 is 0 Å². The molecule has 2 aromatic rings. The topological polar surface area (TPSA) is 64.4 Å². The summed E-state index contributed by atoms with van der Waals surface area (Å²) < 4.78 is 6.83. The number of likely N-dealkylation sites (N-methyl/N-ethyl adjacent to an activating group) is 1. The number of oxazole rings is 1. The molecule has 0 unspecified atom stereocenters. The van der Waals surface area contributed by atoms with Crippen LogP contribution < -0.4 is 11.5 Å². The molecule has 5 heteroatoms. The minimum absolute atomic E-state index is 0.317. The van der Waals surface area contributed by atoms with Crippen LogP contribution in [0.5, 0.6) is 0 Å². The van der Waals surface area contributed by atoms with Crippen molar-refractivity contribution in [3.63, 3.8) is 0 Å². The van der Waals surface area contributed by atoms with E-state index in [0.717, 1.165) is 25.2 Å². The lowest BCUT2D eigenvalue weighted by atomic mass is 10.3. The van der Waals surface area contributed by atoms with E-state index in [0.29, 0.717) is 17.8 Å². The Bertz CT molecular complexity index is 581. The van der Waals surface area contributed by atoms with Crippen LogP contribution in [0.3, 0.4) is 0 Å². The average Bonchev–Trinajstić information content (AvgIpc) is 2.66. The van der Waals surface area contributed by atoms with Crippen molar-refractivity contribution in [1.29, 1.82) is 0 Å². The van der Waals surface area contributed by atoms with Gasteiger partial charge in [-0.15, -0.1) is 0 Å². The molecule has 0 aliphatic heterocycles. The maximum absolute atomic E-state index is 11.8. The van der Waals surface area contributed by atoms with Crippen molar-refractivity contribution in [3.05, 3.63) is 28.7 Å². The van der Waals surface area contributed by atoms with Crippen molar-refractivity contribution >= 4 is 16.8 Å². The van der Waals surface area contributed by atoms with Gasteiger partial charge in [-0.2, -0.15) is 0 Å².